The zero-order valence-electron chi connectivity index (χ0n) is 15.9. The van der Waals surface area contributed by atoms with E-state index in [2.05, 4.69) is 82.6 Å². The van der Waals surface area contributed by atoms with Crippen LogP contribution in [0.2, 0.25) is 0 Å². The molecule has 0 saturated heterocycles. The second-order valence-electron chi connectivity index (χ2n) is 8.15. The SMILES string of the molecule is c1ccc2c(c1)Oc1cccc3c1B2N1B2c4ccccc4Oc4cccc(c42)N31. The molecule has 0 N–H and O–H groups in total. The molecule has 0 amide bonds. The van der Waals surface area contributed by atoms with E-state index in [1.54, 1.807) is 0 Å². The summed E-state index contributed by atoms with van der Waals surface area (Å²) in [5.74, 6) is 3.77. The second kappa shape index (κ2) is 5.10. The normalized spacial score (nSPS) is 16.2. The third-order valence-electron chi connectivity index (χ3n) is 6.72. The highest BCUT2D eigenvalue weighted by atomic mass is 16.5. The number of rotatable bonds is 0. The molecule has 0 saturated carbocycles. The van der Waals surface area contributed by atoms with Gasteiger partial charge in [-0.25, -0.2) is 0 Å². The lowest BCUT2D eigenvalue weighted by Crippen LogP contribution is -2.66. The summed E-state index contributed by atoms with van der Waals surface area (Å²) in [4.78, 5) is 2.52. The van der Waals surface area contributed by atoms with Crippen LogP contribution in [0.5, 0.6) is 23.0 Å². The molecule has 0 bridgehead atoms. The van der Waals surface area contributed by atoms with Crippen LogP contribution in [-0.4, -0.2) is 18.5 Å². The van der Waals surface area contributed by atoms with Crippen molar-refractivity contribution >= 4 is 46.9 Å². The predicted octanol–water partition coefficient (Wildman–Crippen LogP) is 2.49. The van der Waals surface area contributed by atoms with Gasteiger partial charge in [0.1, 0.15) is 23.0 Å². The molecule has 0 unspecified atom stereocenters. The van der Waals surface area contributed by atoms with Gasteiger partial charge in [0.25, 0.3) is 0 Å². The predicted molar refractivity (Wildman–Crippen MR) is 120 cm³/mol. The fourth-order valence-electron chi connectivity index (χ4n) is 5.62. The van der Waals surface area contributed by atoms with Gasteiger partial charge in [-0.3, -0.25) is 9.84 Å². The Labute approximate surface area is 174 Å². The Hall–Kier alpha value is -3.63. The molecule has 4 heterocycles. The molecule has 138 valence electrons. The lowest BCUT2D eigenvalue weighted by molar-refractivity contribution is 0.486. The summed E-state index contributed by atoms with van der Waals surface area (Å²) in [6.07, 6.45) is 0. The van der Waals surface area contributed by atoms with Gasteiger partial charge >= 0.3 is 13.7 Å². The first-order valence-electron chi connectivity index (χ1n) is 10.3. The number of para-hydroxylation sites is 2. The monoisotopic (exact) mass is 384 g/mol. The molecule has 8 rings (SSSR count). The van der Waals surface area contributed by atoms with Crippen molar-refractivity contribution in [2.75, 3.05) is 5.01 Å². The molecular formula is C24H14B2N2O2. The summed E-state index contributed by atoms with van der Waals surface area (Å²) in [6, 6.07) is 29.6. The number of benzene rings is 4. The maximum absolute atomic E-state index is 6.32. The van der Waals surface area contributed by atoms with Crippen molar-refractivity contribution in [2.24, 2.45) is 0 Å². The van der Waals surface area contributed by atoms with E-state index >= 15 is 0 Å². The van der Waals surface area contributed by atoms with Crippen molar-refractivity contribution in [2.45, 2.75) is 0 Å². The molecular weight excluding hydrogens is 370 g/mol. The van der Waals surface area contributed by atoms with E-state index in [9.17, 15) is 0 Å². The average molecular weight is 384 g/mol. The van der Waals surface area contributed by atoms with Crippen LogP contribution in [-0.2, 0) is 0 Å². The molecule has 4 aromatic rings. The summed E-state index contributed by atoms with van der Waals surface area (Å²) >= 11 is 0. The van der Waals surface area contributed by atoms with Crippen molar-refractivity contribution in [1.29, 1.82) is 0 Å². The second-order valence-corrected chi connectivity index (χ2v) is 8.15. The van der Waals surface area contributed by atoms with E-state index < -0.39 is 0 Å². The van der Waals surface area contributed by atoms with E-state index in [1.807, 2.05) is 12.1 Å². The minimum absolute atomic E-state index is 0.0950. The van der Waals surface area contributed by atoms with Crippen molar-refractivity contribution in [3.05, 3.63) is 84.9 Å². The summed E-state index contributed by atoms with van der Waals surface area (Å²) in [7, 11) is 0. The molecule has 0 atom stereocenters. The topological polar surface area (TPSA) is 24.9 Å². The molecule has 4 nitrogen and oxygen atoms in total. The zero-order valence-corrected chi connectivity index (χ0v) is 15.9. The molecule has 4 aliphatic heterocycles. The van der Waals surface area contributed by atoms with E-state index in [1.165, 1.54) is 33.2 Å². The number of fused-ring (bicyclic) bond motifs is 9. The summed E-state index contributed by atoms with van der Waals surface area (Å²) in [5.41, 5.74) is 7.28. The Morgan fingerprint density at radius 1 is 0.500 bits per heavy atom. The fraction of sp³-hybridized carbons (Fsp3) is 0. The van der Waals surface area contributed by atoms with Crippen LogP contribution >= 0.6 is 0 Å². The number of hydrogen-bond acceptors (Lipinski definition) is 4. The summed E-state index contributed by atoms with van der Waals surface area (Å²) < 4.78 is 12.6. The number of ether oxygens (including phenoxy) is 2. The number of hydrazine groups is 1. The third-order valence-corrected chi connectivity index (χ3v) is 6.72. The van der Waals surface area contributed by atoms with Gasteiger partial charge in [-0.2, -0.15) is 0 Å². The minimum Gasteiger partial charge on any atom is -0.458 e. The average Bonchev–Trinajstić information content (AvgIpc) is 3.31. The van der Waals surface area contributed by atoms with Gasteiger partial charge in [-0.05, 0) is 47.3 Å². The van der Waals surface area contributed by atoms with Crippen LogP contribution in [0, 0.1) is 0 Å². The van der Waals surface area contributed by atoms with E-state index in [0.717, 1.165) is 23.0 Å². The highest BCUT2D eigenvalue weighted by Crippen LogP contribution is 2.45. The molecule has 0 aliphatic carbocycles. The Morgan fingerprint density at radius 3 is 1.50 bits per heavy atom. The summed E-state index contributed by atoms with van der Waals surface area (Å²) in [6.45, 7) is 0.190. The smallest absolute Gasteiger partial charge is 0.310 e. The van der Waals surface area contributed by atoms with Crippen molar-refractivity contribution in [1.82, 2.24) is 4.83 Å². The van der Waals surface area contributed by atoms with Crippen molar-refractivity contribution in [3.8, 4) is 23.0 Å². The van der Waals surface area contributed by atoms with Crippen LogP contribution in [0.15, 0.2) is 84.9 Å². The maximum Gasteiger partial charge on any atom is 0.310 e. The van der Waals surface area contributed by atoms with E-state index in [4.69, 9.17) is 9.47 Å². The molecule has 0 aromatic heterocycles. The quantitative estimate of drug-likeness (QED) is 0.435. The first-order valence-corrected chi connectivity index (χ1v) is 10.3. The van der Waals surface area contributed by atoms with Crippen molar-refractivity contribution < 1.29 is 9.47 Å². The summed E-state index contributed by atoms with van der Waals surface area (Å²) in [5, 5.41) is 2.38. The molecule has 0 radical (unpaired) electrons. The molecule has 6 heteroatoms. The van der Waals surface area contributed by atoms with Crippen LogP contribution in [0.4, 0.5) is 11.4 Å². The molecule has 4 aromatic carbocycles. The molecule has 30 heavy (non-hydrogen) atoms. The fourth-order valence-corrected chi connectivity index (χ4v) is 5.62. The van der Waals surface area contributed by atoms with Crippen LogP contribution in [0.3, 0.4) is 0 Å². The van der Waals surface area contributed by atoms with Gasteiger partial charge in [0.2, 0.25) is 0 Å². The highest BCUT2D eigenvalue weighted by molar-refractivity contribution is 7.01. The van der Waals surface area contributed by atoms with Crippen LogP contribution in [0.1, 0.15) is 0 Å². The third kappa shape index (κ3) is 1.63. The molecule has 0 fully saturated rings. The highest BCUT2D eigenvalue weighted by Gasteiger charge is 2.58. The first-order chi connectivity index (χ1) is 14.9. The van der Waals surface area contributed by atoms with Gasteiger partial charge in [0.15, 0.2) is 0 Å². The Morgan fingerprint density at radius 2 is 0.967 bits per heavy atom. The Kier molecular flexibility index (Phi) is 2.59. The molecule has 0 spiro atoms. The number of hydrogen-bond donors (Lipinski definition) is 0. The van der Waals surface area contributed by atoms with Crippen LogP contribution < -0.4 is 36.3 Å². The lowest BCUT2D eigenvalue weighted by Gasteiger charge is -2.33. The zero-order chi connectivity index (χ0) is 19.4. The molecule has 4 aliphatic rings. The van der Waals surface area contributed by atoms with Gasteiger partial charge < -0.3 is 9.47 Å². The van der Waals surface area contributed by atoms with Gasteiger partial charge in [-0.1, -0.05) is 48.5 Å². The largest absolute Gasteiger partial charge is 0.458 e. The van der Waals surface area contributed by atoms with Crippen molar-refractivity contribution in [3.63, 3.8) is 0 Å². The number of nitrogens with zero attached hydrogens (tertiary/aromatic N) is 2. The Balaban J connectivity index is 1.48. The van der Waals surface area contributed by atoms with Gasteiger partial charge in [0, 0.05) is 10.9 Å². The first kappa shape index (κ1) is 15.2. The van der Waals surface area contributed by atoms with Gasteiger partial charge in [0.05, 0.1) is 11.4 Å². The van der Waals surface area contributed by atoms with Crippen LogP contribution in [0.25, 0.3) is 0 Å². The lowest BCUT2D eigenvalue weighted by atomic mass is 9.38. The standard InChI is InChI=1S/C24H14B2N2O2/c1-3-11-19-15(7-1)25-23-17(9-5-13-21(23)29-19)27-18-10-6-14-22-24(18)26(28(25)27)16-8-2-4-12-20(16)30-22/h1-14H. The van der Waals surface area contributed by atoms with Gasteiger partial charge in [-0.15, -0.1) is 0 Å². The maximum atomic E-state index is 6.32. The van der Waals surface area contributed by atoms with E-state index in [-0.39, 0.29) is 13.7 Å². The minimum atomic E-state index is 0.0950. The van der Waals surface area contributed by atoms with E-state index in [0.29, 0.717) is 0 Å². The number of anilines is 2. The Bertz CT molecular complexity index is 1300.